The number of guanidine groups is 1. The Kier molecular flexibility index (Phi) is 9.71. The zero-order chi connectivity index (χ0) is 23.0. The molecule has 0 aliphatic carbocycles. The standard InChI is InChI=1S/C20H38F3N5O2/c1-18(2,3)30-17(29)27-19(4,5)13-26-16(24-6)25-10-7-15-8-11-28(12-9-15)14-20(21,22)23/h15H,7-14H2,1-6H3,(H,27,29)(H2,24,25,26). The Hall–Kier alpha value is -1.71. The van der Waals surface area contributed by atoms with E-state index in [0.717, 1.165) is 19.3 Å². The summed E-state index contributed by atoms with van der Waals surface area (Å²) in [5, 5.41) is 9.24. The number of nitrogens with zero attached hydrogens (tertiary/aromatic N) is 2. The summed E-state index contributed by atoms with van der Waals surface area (Å²) in [6.07, 6.45) is -2.18. The summed E-state index contributed by atoms with van der Waals surface area (Å²) < 4.78 is 42.7. The van der Waals surface area contributed by atoms with Crippen LogP contribution in [0.2, 0.25) is 0 Å². The Morgan fingerprint density at radius 2 is 1.70 bits per heavy atom. The van der Waals surface area contributed by atoms with Crippen molar-refractivity contribution in [3.05, 3.63) is 0 Å². The van der Waals surface area contributed by atoms with E-state index in [1.165, 1.54) is 4.90 Å². The molecule has 1 fully saturated rings. The van der Waals surface area contributed by atoms with E-state index < -0.39 is 30.0 Å². The second kappa shape index (κ2) is 11.1. The van der Waals surface area contributed by atoms with Gasteiger partial charge in [0.1, 0.15) is 5.60 Å². The van der Waals surface area contributed by atoms with E-state index in [1.54, 1.807) is 7.05 Å². The Bertz CT molecular complexity index is 566. The molecular weight excluding hydrogens is 399 g/mol. The molecule has 0 unspecified atom stereocenters. The van der Waals surface area contributed by atoms with Crippen molar-refractivity contribution in [1.29, 1.82) is 0 Å². The summed E-state index contributed by atoms with van der Waals surface area (Å²) in [5.41, 5.74) is -1.11. The number of alkyl halides is 3. The van der Waals surface area contributed by atoms with Gasteiger partial charge in [-0.25, -0.2) is 4.79 Å². The molecular formula is C20H38F3N5O2. The molecule has 0 bridgehead atoms. The van der Waals surface area contributed by atoms with Crippen molar-refractivity contribution in [2.24, 2.45) is 10.9 Å². The first kappa shape index (κ1) is 26.3. The van der Waals surface area contributed by atoms with Crippen LogP contribution in [-0.4, -0.2) is 74.0 Å². The first-order valence-corrected chi connectivity index (χ1v) is 10.4. The summed E-state index contributed by atoms with van der Waals surface area (Å²) in [6.45, 7) is 10.5. The number of nitrogens with one attached hydrogen (secondary N) is 3. The van der Waals surface area contributed by atoms with Crippen molar-refractivity contribution in [3.63, 3.8) is 0 Å². The summed E-state index contributed by atoms with van der Waals surface area (Å²) >= 11 is 0. The Morgan fingerprint density at radius 1 is 1.10 bits per heavy atom. The van der Waals surface area contributed by atoms with Crippen molar-refractivity contribution in [3.8, 4) is 0 Å². The topological polar surface area (TPSA) is 78.0 Å². The third kappa shape index (κ3) is 12.1. The van der Waals surface area contributed by atoms with Crippen LogP contribution in [0.15, 0.2) is 4.99 Å². The minimum Gasteiger partial charge on any atom is -0.444 e. The van der Waals surface area contributed by atoms with Gasteiger partial charge >= 0.3 is 12.3 Å². The first-order valence-electron chi connectivity index (χ1n) is 10.4. The molecule has 0 radical (unpaired) electrons. The molecule has 0 saturated carbocycles. The molecule has 0 spiro atoms. The average Bonchev–Trinajstić information content (AvgIpc) is 2.55. The van der Waals surface area contributed by atoms with Gasteiger partial charge in [-0.1, -0.05) is 0 Å². The quantitative estimate of drug-likeness (QED) is 0.421. The summed E-state index contributed by atoms with van der Waals surface area (Å²) in [7, 11) is 1.67. The Labute approximate surface area is 178 Å². The van der Waals surface area contributed by atoms with Crippen molar-refractivity contribution >= 4 is 12.1 Å². The molecule has 30 heavy (non-hydrogen) atoms. The van der Waals surface area contributed by atoms with E-state index in [0.29, 0.717) is 38.1 Å². The highest BCUT2D eigenvalue weighted by Crippen LogP contribution is 2.23. The lowest BCUT2D eigenvalue weighted by atomic mass is 9.93. The predicted molar refractivity (Wildman–Crippen MR) is 113 cm³/mol. The van der Waals surface area contributed by atoms with Gasteiger partial charge in [0.05, 0.1) is 12.1 Å². The Morgan fingerprint density at radius 3 is 2.20 bits per heavy atom. The molecule has 1 amide bonds. The number of aliphatic imine (C=N–C) groups is 1. The van der Waals surface area contributed by atoms with Gasteiger partial charge in [-0.2, -0.15) is 13.2 Å². The number of halogens is 3. The fourth-order valence-corrected chi connectivity index (χ4v) is 3.23. The van der Waals surface area contributed by atoms with Crippen molar-refractivity contribution in [2.75, 3.05) is 39.8 Å². The van der Waals surface area contributed by atoms with Gasteiger partial charge in [0.15, 0.2) is 5.96 Å². The van der Waals surface area contributed by atoms with Crippen molar-refractivity contribution in [2.45, 2.75) is 71.2 Å². The fraction of sp³-hybridized carbons (Fsp3) is 0.900. The minimum atomic E-state index is -4.13. The van der Waals surface area contributed by atoms with Gasteiger partial charge in [-0.3, -0.25) is 9.89 Å². The summed E-state index contributed by atoms with van der Waals surface area (Å²) in [4.78, 5) is 17.6. The van der Waals surface area contributed by atoms with Crippen LogP contribution in [0.5, 0.6) is 0 Å². The number of alkyl carbamates (subject to hydrolysis) is 1. The third-order valence-electron chi connectivity index (χ3n) is 4.72. The molecule has 1 aliphatic heterocycles. The number of hydrogen-bond acceptors (Lipinski definition) is 4. The summed E-state index contributed by atoms with van der Waals surface area (Å²) in [5.74, 6) is 1.02. The highest BCUT2D eigenvalue weighted by Gasteiger charge is 2.32. The first-order chi connectivity index (χ1) is 13.7. The molecule has 3 N–H and O–H groups in total. The van der Waals surface area contributed by atoms with Crippen LogP contribution < -0.4 is 16.0 Å². The zero-order valence-corrected chi connectivity index (χ0v) is 19.1. The lowest BCUT2D eigenvalue weighted by molar-refractivity contribution is -0.148. The van der Waals surface area contributed by atoms with Crippen LogP contribution >= 0.6 is 0 Å². The van der Waals surface area contributed by atoms with Crippen LogP contribution in [-0.2, 0) is 4.74 Å². The van der Waals surface area contributed by atoms with Crippen molar-refractivity contribution in [1.82, 2.24) is 20.9 Å². The largest absolute Gasteiger partial charge is 0.444 e. The number of rotatable bonds is 7. The van der Waals surface area contributed by atoms with Crippen molar-refractivity contribution < 1.29 is 22.7 Å². The second-order valence-electron chi connectivity index (χ2n) is 9.49. The van der Waals surface area contributed by atoms with Gasteiger partial charge in [-0.15, -0.1) is 0 Å². The molecule has 1 aliphatic rings. The summed E-state index contributed by atoms with van der Waals surface area (Å²) in [6, 6.07) is 0. The minimum absolute atomic E-state index is 0.408. The van der Waals surface area contributed by atoms with E-state index in [9.17, 15) is 18.0 Å². The fourth-order valence-electron chi connectivity index (χ4n) is 3.23. The average molecular weight is 438 g/mol. The number of carbonyl (C=O) groups is 1. The molecule has 0 aromatic carbocycles. The molecule has 0 aromatic rings. The lowest BCUT2D eigenvalue weighted by Crippen LogP contribution is -2.54. The molecule has 1 heterocycles. The monoisotopic (exact) mass is 437 g/mol. The van der Waals surface area contributed by atoms with Gasteiger partial charge in [0.2, 0.25) is 0 Å². The molecule has 1 rings (SSSR count). The van der Waals surface area contributed by atoms with Gasteiger partial charge in [-0.05, 0) is 72.9 Å². The maximum Gasteiger partial charge on any atom is 0.408 e. The highest BCUT2D eigenvalue weighted by molar-refractivity contribution is 5.79. The predicted octanol–water partition coefficient (Wildman–Crippen LogP) is 3.12. The highest BCUT2D eigenvalue weighted by atomic mass is 19.4. The van der Waals surface area contributed by atoms with E-state index in [1.807, 2.05) is 34.6 Å². The smallest absolute Gasteiger partial charge is 0.408 e. The van der Waals surface area contributed by atoms with Crippen LogP contribution in [0.25, 0.3) is 0 Å². The van der Waals surface area contributed by atoms with Crippen LogP contribution in [0.4, 0.5) is 18.0 Å². The number of likely N-dealkylation sites (tertiary alicyclic amines) is 1. The number of carbonyl (C=O) groups excluding carboxylic acids is 1. The van der Waals surface area contributed by atoms with Crippen LogP contribution in [0, 0.1) is 5.92 Å². The maximum absolute atomic E-state index is 12.5. The van der Waals surface area contributed by atoms with Crippen LogP contribution in [0.3, 0.4) is 0 Å². The van der Waals surface area contributed by atoms with E-state index in [2.05, 4.69) is 20.9 Å². The molecule has 1 saturated heterocycles. The van der Waals surface area contributed by atoms with E-state index in [4.69, 9.17) is 4.74 Å². The molecule has 176 valence electrons. The van der Waals surface area contributed by atoms with E-state index in [-0.39, 0.29) is 0 Å². The number of hydrogen-bond donors (Lipinski definition) is 3. The third-order valence-corrected chi connectivity index (χ3v) is 4.72. The lowest BCUT2D eigenvalue weighted by Gasteiger charge is -2.32. The number of amides is 1. The zero-order valence-electron chi connectivity index (χ0n) is 19.1. The molecule has 10 heteroatoms. The van der Waals surface area contributed by atoms with Gasteiger partial charge in [0.25, 0.3) is 0 Å². The van der Waals surface area contributed by atoms with Gasteiger partial charge in [0, 0.05) is 20.1 Å². The second-order valence-corrected chi connectivity index (χ2v) is 9.49. The number of ether oxygens (including phenoxy) is 1. The maximum atomic E-state index is 12.5. The molecule has 7 nitrogen and oxygen atoms in total. The molecule has 0 atom stereocenters. The molecule has 0 aromatic heterocycles. The number of piperidine rings is 1. The Balaban J connectivity index is 2.29. The SMILES string of the molecule is CN=C(NCCC1CCN(CC(F)(F)F)CC1)NCC(C)(C)NC(=O)OC(C)(C)C. The van der Waals surface area contributed by atoms with E-state index >= 15 is 0 Å². The van der Waals surface area contributed by atoms with Gasteiger partial charge < -0.3 is 20.7 Å². The van der Waals surface area contributed by atoms with Crippen LogP contribution in [0.1, 0.15) is 53.9 Å². The normalized spacial score (nSPS) is 17.6.